The molecule has 2 aliphatic rings. The van der Waals surface area contributed by atoms with Crippen molar-refractivity contribution >= 4 is 45.6 Å². The van der Waals surface area contributed by atoms with E-state index >= 15 is 0 Å². The Morgan fingerprint density at radius 3 is 2.63 bits per heavy atom. The zero-order valence-corrected chi connectivity index (χ0v) is 22.7. The summed E-state index contributed by atoms with van der Waals surface area (Å²) in [7, 11) is 0. The van der Waals surface area contributed by atoms with Gasteiger partial charge in [0.2, 0.25) is 11.0 Å². The lowest BCUT2D eigenvalue weighted by Gasteiger charge is -2.38. The molecule has 0 bridgehead atoms. The molecule has 0 fully saturated rings. The van der Waals surface area contributed by atoms with Crippen LogP contribution in [0.2, 0.25) is 0 Å². The van der Waals surface area contributed by atoms with Crippen LogP contribution in [0.15, 0.2) is 75.5 Å². The van der Waals surface area contributed by atoms with Gasteiger partial charge < -0.3 is 11.1 Å². The van der Waals surface area contributed by atoms with E-state index in [1.165, 1.54) is 23.1 Å². The number of thioether (sulfide) groups is 1. The van der Waals surface area contributed by atoms with Crippen LogP contribution in [-0.2, 0) is 9.59 Å². The van der Waals surface area contributed by atoms with Gasteiger partial charge in [-0.1, -0.05) is 65.6 Å². The van der Waals surface area contributed by atoms with Crippen LogP contribution in [0.5, 0.6) is 0 Å². The first kappa shape index (κ1) is 25.7. The van der Waals surface area contributed by atoms with E-state index < -0.39 is 5.92 Å². The predicted octanol–water partition coefficient (Wildman–Crippen LogP) is 5.19. The van der Waals surface area contributed by atoms with E-state index in [4.69, 9.17) is 5.73 Å². The molecule has 2 aromatic carbocycles. The second kappa shape index (κ2) is 10.8. The molecule has 0 saturated carbocycles. The summed E-state index contributed by atoms with van der Waals surface area (Å²) in [5.41, 5.74) is 12.0. The fraction of sp³-hybridized carbons (Fsp3) is 0.250. The molecule has 8 nitrogen and oxygen atoms in total. The maximum Gasteiger partial charge on any atom is 0.234 e. The second-order valence-corrected chi connectivity index (χ2v) is 11.4. The molecular weight excluding hydrogens is 516 g/mol. The normalized spacial score (nSPS) is 17.3. The summed E-state index contributed by atoms with van der Waals surface area (Å²) in [4.78, 5) is 27.5. The summed E-state index contributed by atoms with van der Waals surface area (Å²) in [6.45, 7) is 3.92. The maximum absolute atomic E-state index is 13.3. The highest BCUT2D eigenvalue weighted by molar-refractivity contribution is 8.01. The SMILES string of the molecule is Cc1ccccc1NC(=O)CSc1nnc(N2C(N)=C(C#N)C(c3ccccc3C)C3=C2CCCC3=O)s1. The van der Waals surface area contributed by atoms with E-state index in [-0.39, 0.29) is 23.3 Å². The third-order valence-corrected chi connectivity index (χ3v) is 8.79. The number of benzene rings is 2. The number of nitrogens with two attached hydrogens (primary N) is 1. The molecule has 0 spiro atoms. The number of hydrogen-bond donors (Lipinski definition) is 2. The number of nitrogens with zero attached hydrogens (tertiary/aromatic N) is 4. The molecule has 38 heavy (non-hydrogen) atoms. The van der Waals surface area contributed by atoms with Crippen LogP contribution in [0.1, 0.15) is 41.9 Å². The first-order chi connectivity index (χ1) is 18.4. The topological polar surface area (TPSA) is 125 Å². The highest BCUT2D eigenvalue weighted by atomic mass is 32.2. The van der Waals surface area contributed by atoms with Gasteiger partial charge in [0.05, 0.1) is 23.3 Å². The summed E-state index contributed by atoms with van der Waals surface area (Å²) < 4.78 is 0.594. The van der Waals surface area contributed by atoms with Crippen molar-refractivity contribution in [2.75, 3.05) is 16.0 Å². The van der Waals surface area contributed by atoms with Crippen LogP contribution >= 0.6 is 23.1 Å². The number of allylic oxidation sites excluding steroid dienone is 3. The zero-order valence-electron chi connectivity index (χ0n) is 21.0. The van der Waals surface area contributed by atoms with Gasteiger partial charge in [-0.3, -0.25) is 14.5 Å². The van der Waals surface area contributed by atoms with Gasteiger partial charge >= 0.3 is 0 Å². The molecule has 0 radical (unpaired) electrons. The number of aryl methyl sites for hydroxylation is 2. The van der Waals surface area contributed by atoms with E-state index in [1.807, 2.05) is 62.4 Å². The monoisotopic (exact) mass is 542 g/mol. The third kappa shape index (κ3) is 4.83. The highest BCUT2D eigenvalue weighted by Crippen LogP contribution is 2.47. The molecule has 1 amide bonds. The van der Waals surface area contributed by atoms with Crippen molar-refractivity contribution in [1.82, 2.24) is 10.2 Å². The van der Waals surface area contributed by atoms with Crippen LogP contribution in [0.3, 0.4) is 0 Å². The number of para-hydroxylation sites is 1. The quantitative estimate of drug-likeness (QED) is 0.408. The largest absolute Gasteiger partial charge is 0.384 e. The predicted molar refractivity (Wildman–Crippen MR) is 150 cm³/mol. The van der Waals surface area contributed by atoms with Crippen molar-refractivity contribution in [3.63, 3.8) is 0 Å². The maximum atomic E-state index is 13.3. The van der Waals surface area contributed by atoms with Crippen molar-refractivity contribution in [3.8, 4) is 6.07 Å². The molecule has 5 rings (SSSR count). The molecule has 3 N–H and O–H groups in total. The number of carbonyl (C=O) groups is 2. The van der Waals surface area contributed by atoms with E-state index in [0.29, 0.717) is 39.9 Å². The molecule has 1 aromatic heterocycles. The van der Waals surface area contributed by atoms with Gasteiger partial charge in [-0.15, -0.1) is 10.2 Å². The fourth-order valence-corrected chi connectivity index (χ4v) is 6.59. The van der Waals surface area contributed by atoms with Crippen LogP contribution in [-0.4, -0.2) is 27.6 Å². The lowest BCUT2D eigenvalue weighted by Crippen LogP contribution is -2.38. The number of anilines is 2. The van der Waals surface area contributed by atoms with Crippen LogP contribution in [0.25, 0.3) is 0 Å². The number of nitrogens with one attached hydrogen (secondary N) is 1. The summed E-state index contributed by atoms with van der Waals surface area (Å²) in [5, 5.41) is 22.2. The van der Waals surface area contributed by atoms with E-state index in [0.717, 1.165) is 28.1 Å². The number of Topliss-reactive ketones (excluding diaryl/α,β-unsaturated/α-hetero) is 1. The average molecular weight is 543 g/mol. The van der Waals surface area contributed by atoms with E-state index in [1.54, 1.807) is 4.90 Å². The van der Waals surface area contributed by atoms with Gasteiger partial charge in [-0.2, -0.15) is 5.26 Å². The Balaban J connectivity index is 1.44. The molecule has 1 aliphatic carbocycles. The molecule has 0 saturated heterocycles. The van der Waals surface area contributed by atoms with E-state index in [2.05, 4.69) is 21.6 Å². The summed E-state index contributed by atoms with van der Waals surface area (Å²) in [6, 6.07) is 17.7. The molecule has 1 atom stereocenters. The molecule has 1 unspecified atom stereocenters. The Morgan fingerprint density at radius 1 is 1.16 bits per heavy atom. The van der Waals surface area contributed by atoms with Gasteiger partial charge in [0.25, 0.3) is 0 Å². The Hall–Kier alpha value is -3.94. The molecule has 192 valence electrons. The van der Waals surface area contributed by atoms with Crippen LogP contribution in [0, 0.1) is 25.2 Å². The minimum atomic E-state index is -0.507. The Labute approximate surface area is 229 Å². The summed E-state index contributed by atoms with van der Waals surface area (Å²) >= 11 is 2.56. The van der Waals surface area contributed by atoms with Crippen molar-refractivity contribution in [2.24, 2.45) is 5.73 Å². The lowest BCUT2D eigenvalue weighted by molar-refractivity contribution is -0.116. The van der Waals surface area contributed by atoms with Crippen molar-refractivity contribution in [1.29, 1.82) is 5.26 Å². The van der Waals surface area contributed by atoms with Crippen molar-refractivity contribution in [2.45, 2.75) is 43.4 Å². The Morgan fingerprint density at radius 2 is 1.89 bits per heavy atom. The minimum Gasteiger partial charge on any atom is -0.384 e. The van der Waals surface area contributed by atoms with Gasteiger partial charge in [0.15, 0.2) is 10.1 Å². The standard InChI is InChI=1S/C28H26N6O2S2/c1-16-8-3-5-10-18(16)24-19(14-29)26(30)34(21-12-7-13-22(35)25(21)24)27-32-33-28(38-27)37-15-23(36)31-20-11-6-4-9-17(20)2/h3-6,8-11,24H,7,12-13,15,30H2,1-2H3,(H,31,36). The fourth-order valence-electron chi connectivity index (χ4n) is 4.90. The molecular formula is C28H26N6O2S2. The summed E-state index contributed by atoms with van der Waals surface area (Å²) in [6.07, 6.45) is 1.77. The smallest absolute Gasteiger partial charge is 0.234 e. The number of ketones is 1. The molecule has 1 aliphatic heterocycles. The Kier molecular flexibility index (Phi) is 7.31. The van der Waals surface area contributed by atoms with E-state index in [9.17, 15) is 14.9 Å². The van der Waals surface area contributed by atoms with Gasteiger partial charge in [-0.05, 0) is 49.4 Å². The number of rotatable bonds is 6. The van der Waals surface area contributed by atoms with Crippen molar-refractivity contribution in [3.05, 3.63) is 87.9 Å². The molecule has 10 heteroatoms. The first-order valence-corrected chi connectivity index (χ1v) is 14.0. The highest BCUT2D eigenvalue weighted by Gasteiger charge is 2.41. The van der Waals surface area contributed by atoms with Crippen LogP contribution < -0.4 is 16.0 Å². The number of hydrogen-bond acceptors (Lipinski definition) is 9. The number of aromatic nitrogens is 2. The van der Waals surface area contributed by atoms with Crippen molar-refractivity contribution < 1.29 is 9.59 Å². The lowest BCUT2D eigenvalue weighted by atomic mass is 9.75. The second-order valence-electron chi connectivity index (χ2n) is 9.18. The van der Waals surface area contributed by atoms with Gasteiger partial charge in [0.1, 0.15) is 5.82 Å². The average Bonchev–Trinajstić information content (AvgIpc) is 3.37. The number of carbonyl (C=O) groups excluding carboxylic acids is 2. The van der Waals surface area contributed by atoms with Crippen LogP contribution in [0.4, 0.5) is 10.8 Å². The van der Waals surface area contributed by atoms with Gasteiger partial charge in [0, 0.05) is 23.4 Å². The Bertz CT molecular complexity index is 1530. The van der Waals surface area contributed by atoms with Gasteiger partial charge in [-0.25, -0.2) is 0 Å². The minimum absolute atomic E-state index is 0.0248. The zero-order chi connectivity index (χ0) is 26.8. The summed E-state index contributed by atoms with van der Waals surface area (Å²) in [5.74, 6) is -0.197. The molecule has 2 heterocycles. The third-order valence-electron chi connectivity index (χ3n) is 6.75. The number of nitriles is 1. The number of amides is 1. The molecule has 3 aromatic rings. The first-order valence-electron chi connectivity index (χ1n) is 12.2.